The fourth-order valence-electron chi connectivity index (χ4n) is 0. The van der Waals surface area contributed by atoms with Crippen molar-refractivity contribution in [3.63, 3.8) is 0 Å². The van der Waals surface area contributed by atoms with Crippen LogP contribution in [0.25, 0.3) is 0 Å². The van der Waals surface area contributed by atoms with E-state index < -0.39 is 0 Å². The van der Waals surface area contributed by atoms with E-state index in [0.717, 1.165) is 0 Å². The predicted octanol–water partition coefficient (Wildman–Crippen LogP) is 12.6. The average molecular weight is 407 g/mol. The third-order valence-electron chi connectivity index (χ3n) is 3.50. The Morgan fingerprint density at radius 1 is 0.143 bits per heavy atom. The molecule has 0 fully saturated rings. The molecule has 0 N–H and O–H groups in total. The summed E-state index contributed by atoms with van der Waals surface area (Å²) in [6.45, 7) is 30.5. The molecule has 0 rings (SSSR count). The van der Waals surface area contributed by atoms with E-state index in [0.29, 0.717) is 0 Å². The Morgan fingerprint density at radius 3 is 0.179 bits per heavy atom. The van der Waals surface area contributed by atoms with Crippen molar-refractivity contribution in [2.75, 3.05) is 0 Å². The summed E-state index contributed by atoms with van der Waals surface area (Å²) in [6.07, 6.45) is 18.5. The van der Waals surface area contributed by atoms with Crippen molar-refractivity contribution in [3.8, 4) is 0 Å². The molecule has 0 amide bonds. The second-order valence-corrected chi connectivity index (χ2v) is 7.00. The van der Waals surface area contributed by atoms with Crippen molar-refractivity contribution >= 4 is 0 Å². The molecule has 182 valence electrons. The second-order valence-electron chi connectivity index (χ2n) is 7.00. The summed E-state index contributed by atoms with van der Waals surface area (Å²) in [5.74, 6) is 0. The zero-order valence-corrected chi connectivity index (χ0v) is 23.9. The lowest BCUT2D eigenvalue weighted by Crippen LogP contribution is -1.47. The Balaban J connectivity index is -0.0000000367. The molecule has 0 radical (unpaired) electrons. The minimum absolute atomic E-state index is 1.32. The zero-order valence-electron chi connectivity index (χ0n) is 23.9. The fourth-order valence-corrected chi connectivity index (χ4v) is 0. The number of unbranched alkanes of at least 4 members (excludes halogenated alkanes) is 7. The minimum Gasteiger partial charge on any atom is -0.0654 e. The maximum atomic E-state index is 2.18. The molecule has 28 heavy (non-hydrogen) atoms. The summed E-state index contributed by atoms with van der Waals surface area (Å²) in [4.78, 5) is 0. The van der Waals surface area contributed by atoms with Crippen LogP contribution in [0.15, 0.2) is 0 Å². The van der Waals surface area contributed by atoms with Gasteiger partial charge in [0.2, 0.25) is 0 Å². The van der Waals surface area contributed by atoms with Crippen molar-refractivity contribution in [2.24, 2.45) is 0 Å². The summed E-state index contributed by atoms with van der Waals surface area (Å²) >= 11 is 0. The summed E-state index contributed by atoms with van der Waals surface area (Å²) in [5, 5.41) is 0. The summed E-state index contributed by atoms with van der Waals surface area (Å²) < 4.78 is 0. The van der Waals surface area contributed by atoms with Gasteiger partial charge in [-0.2, -0.15) is 0 Å². The summed E-state index contributed by atoms with van der Waals surface area (Å²) in [7, 11) is 0. The van der Waals surface area contributed by atoms with Crippen LogP contribution >= 0.6 is 0 Å². The highest BCUT2D eigenvalue weighted by molar-refractivity contribution is 4.14. The third-order valence-corrected chi connectivity index (χ3v) is 3.50. The maximum Gasteiger partial charge on any atom is -0.0564 e. The molecular weight excluding hydrogens is 336 g/mol. The van der Waals surface area contributed by atoms with Gasteiger partial charge in [-0.1, -0.05) is 187 Å². The topological polar surface area (TPSA) is 0 Å². The standard InChI is InChI=1S/7C4H10/c7*1-3-4-2/h7*3-4H2,1-2H3. The zero-order chi connectivity index (χ0) is 23.9. The van der Waals surface area contributed by atoms with Gasteiger partial charge in [-0.15, -0.1) is 0 Å². The van der Waals surface area contributed by atoms with Crippen LogP contribution in [-0.4, -0.2) is 0 Å². The molecule has 0 bridgehead atoms. The Kier molecular flexibility index (Phi) is 154. The van der Waals surface area contributed by atoms with E-state index in [9.17, 15) is 0 Å². The molecule has 0 unspecified atom stereocenters. The normalized spacial score (nSPS) is 7.50. The third kappa shape index (κ3) is 332. The molecule has 0 saturated heterocycles. The lowest BCUT2D eigenvalue weighted by Gasteiger charge is -1.68. The van der Waals surface area contributed by atoms with Gasteiger partial charge in [-0.25, -0.2) is 0 Å². The van der Waals surface area contributed by atoms with Gasteiger partial charge >= 0.3 is 0 Å². The molecule has 0 nitrogen and oxygen atoms in total. The molecule has 0 heteroatoms. The van der Waals surface area contributed by atoms with Gasteiger partial charge in [-0.05, 0) is 0 Å². The minimum atomic E-state index is 1.32. The molecule has 0 aliphatic rings. The number of hydrogen-bond donors (Lipinski definition) is 0. The lowest BCUT2D eigenvalue weighted by molar-refractivity contribution is 0.886. The largest absolute Gasteiger partial charge is 0.0654 e. The first kappa shape index (κ1) is 46.3. The van der Waals surface area contributed by atoms with E-state index >= 15 is 0 Å². The molecule has 0 atom stereocenters. The van der Waals surface area contributed by atoms with Gasteiger partial charge in [0.1, 0.15) is 0 Å². The van der Waals surface area contributed by atoms with Gasteiger partial charge in [0.15, 0.2) is 0 Å². The van der Waals surface area contributed by atoms with Crippen LogP contribution in [0.1, 0.15) is 187 Å². The predicted molar refractivity (Wildman–Crippen MR) is 144 cm³/mol. The summed E-state index contributed by atoms with van der Waals surface area (Å²) in [6, 6.07) is 0. The van der Waals surface area contributed by atoms with E-state index in [2.05, 4.69) is 96.9 Å². The highest BCUT2D eigenvalue weighted by Gasteiger charge is 1.58. The first-order valence-corrected chi connectivity index (χ1v) is 13.4. The van der Waals surface area contributed by atoms with E-state index in [-0.39, 0.29) is 0 Å². The Morgan fingerprint density at radius 2 is 0.179 bits per heavy atom. The van der Waals surface area contributed by atoms with Crippen molar-refractivity contribution < 1.29 is 0 Å². The van der Waals surface area contributed by atoms with E-state index in [1.54, 1.807) is 0 Å². The van der Waals surface area contributed by atoms with E-state index in [1.807, 2.05) is 0 Å². The smallest absolute Gasteiger partial charge is 0.0564 e. The molecule has 0 aromatic rings. The molecule has 0 aliphatic carbocycles. The molecule has 0 heterocycles. The Hall–Kier alpha value is 0. The van der Waals surface area contributed by atoms with E-state index in [4.69, 9.17) is 0 Å². The van der Waals surface area contributed by atoms with Gasteiger partial charge in [0, 0.05) is 0 Å². The molecule has 0 aliphatic heterocycles. The Bertz CT molecular complexity index is 53.3. The quantitative estimate of drug-likeness (QED) is 0.394. The number of hydrogen-bond acceptors (Lipinski definition) is 0. The maximum absolute atomic E-state index is 2.18. The molecule has 0 aromatic carbocycles. The Labute approximate surface area is 187 Å². The van der Waals surface area contributed by atoms with Crippen LogP contribution in [0.2, 0.25) is 0 Å². The van der Waals surface area contributed by atoms with Crippen LogP contribution in [0.5, 0.6) is 0 Å². The van der Waals surface area contributed by atoms with Crippen LogP contribution in [-0.2, 0) is 0 Å². The second kappa shape index (κ2) is 93.1. The SMILES string of the molecule is CCCC.CCCC.CCCC.CCCC.CCCC.CCCC.CCCC. The van der Waals surface area contributed by atoms with Crippen LogP contribution in [0, 0.1) is 0 Å². The van der Waals surface area contributed by atoms with Crippen LogP contribution < -0.4 is 0 Å². The average Bonchev–Trinajstić information content (AvgIpc) is 2.79. The van der Waals surface area contributed by atoms with Crippen molar-refractivity contribution in [1.29, 1.82) is 0 Å². The molecule has 0 saturated carbocycles. The molecular formula is C28H70. The fraction of sp³-hybridized carbons (Fsp3) is 1.00. The number of rotatable bonds is 7. The van der Waals surface area contributed by atoms with Gasteiger partial charge < -0.3 is 0 Å². The van der Waals surface area contributed by atoms with E-state index in [1.165, 1.54) is 89.9 Å². The summed E-state index contributed by atoms with van der Waals surface area (Å²) in [5.41, 5.74) is 0. The van der Waals surface area contributed by atoms with Crippen LogP contribution in [0.4, 0.5) is 0 Å². The van der Waals surface area contributed by atoms with Crippen LogP contribution in [0.3, 0.4) is 0 Å². The monoisotopic (exact) mass is 407 g/mol. The first-order valence-electron chi connectivity index (χ1n) is 13.4. The van der Waals surface area contributed by atoms with Gasteiger partial charge in [-0.3, -0.25) is 0 Å². The van der Waals surface area contributed by atoms with Crippen molar-refractivity contribution in [1.82, 2.24) is 0 Å². The highest BCUT2D eigenvalue weighted by Crippen LogP contribution is 1.79. The van der Waals surface area contributed by atoms with Gasteiger partial charge in [0.05, 0.1) is 0 Å². The highest BCUT2D eigenvalue weighted by atomic mass is 13.7. The first-order chi connectivity index (χ1) is 13.4. The van der Waals surface area contributed by atoms with Crippen molar-refractivity contribution in [3.05, 3.63) is 0 Å². The molecule has 0 aromatic heterocycles. The lowest BCUT2D eigenvalue weighted by atomic mass is 10.4. The van der Waals surface area contributed by atoms with Crippen molar-refractivity contribution in [2.45, 2.75) is 187 Å². The molecule has 0 spiro atoms. The van der Waals surface area contributed by atoms with Gasteiger partial charge in [0.25, 0.3) is 0 Å².